The molecule has 1 saturated heterocycles. The summed E-state index contributed by atoms with van der Waals surface area (Å²) in [6.07, 6.45) is 0.362. The van der Waals surface area contributed by atoms with Gasteiger partial charge in [0.15, 0.2) is 0 Å². The second-order valence-corrected chi connectivity index (χ2v) is 8.92. The summed E-state index contributed by atoms with van der Waals surface area (Å²) < 4.78 is 0. The minimum absolute atomic E-state index is 0.0172. The highest BCUT2D eigenvalue weighted by Gasteiger charge is 2.48. The Bertz CT molecular complexity index is 1310. The zero-order valence-electron chi connectivity index (χ0n) is 19.2. The molecular weight excluding hydrogens is 438 g/mol. The van der Waals surface area contributed by atoms with Crippen molar-refractivity contribution in [2.45, 2.75) is 25.0 Å². The molecule has 0 bridgehead atoms. The van der Waals surface area contributed by atoms with Crippen LogP contribution in [0.25, 0.3) is 11.1 Å². The number of rotatable bonds is 7. The molecule has 1 fully saturated rings. The fourth-order valence-corrected chi connectivity index (χ4v) is 4.88. The lowest BCUT2D eigenvalue weighted by atomic mass is 9.78. The third-order valence-corrected chi connectivity index (χ3v) is 6.73. The summed E-state index contributed by atoms with van der Waals surface area (Å²) >= 11 is 0. The van der Waals surface area contributed by atoms with E-state index in [-0.39, 0.29) is 29.4 Å². The van der Waals surface area contributed by atoms with Crippen molar-refractivity contribution in [3.05, 3.63) is 114 Å². The van der Waals surface area contributed by atoms with E-state index in [9.17, 15) is 20.1 Å². The average molecular weight is 466 g/mol. The summed E-state index contributed by atoms with van der Waals surface area (Å²) in [4.78, 5) is 15.0. The summed E-state index contributed by atoms with van der Waals surface area (Å²) in [5.74, 6) is -0.00319. The molecule has 4 aromatic carbocycles. The minimum atomic E-state index is -0.638. The number of nitrogens with zero attached hydrogens (tertiary/aromatic N) is 1. The van der Waals surface area contributed by atoms with E-state index in [1.165, 1.54) is 0 Å². The van der Waals surface area contributed by atoms with Crippen molar-refractivity contribution in [2.75, 3.05) is 4.90 Å². The summed E-state index contributed by atoms with van der Waals surface area (Å²) in [6.45, 7) is 0. The maximum atomic E-state index is 13.3. The van der Waals surface area contributed by atoms with Crippen molar-refractivity contribution >= 4 is 11.6 Å². The van der Waals surface area contributed by atoms with Gasteiger partial charge in [0.1, 0.15) is 11.5 Å². The van der Waals surface area contributed by atoms with Gasteiger partial charge in [-0.25, -0.2) is 0 Å². The topological polar surface area (TPSA) is 81.0 Å². The monoisotopic (exact) mass is 465 g/mol. The molecule has 1 aliphatic heterocycles. The number of aliphatic hydroxyl groups is 1. The van der Waals surface area contributed by atoms with Crippen molar-refractivity contribution in [3.8, 4) is 22.6 Å². The Morgan fingerprint density at radius 2 is 1.46 bits per heavy atom. The first-order valence-corrected chi connectivity index (χ1v) is 11.8. The smallest absolute Gasteiger partial charge is 0.233 e. The predicted molar refractivity (Wildman–Crippen MR) is 136 cm³/mol. The molecule has 5 rings (SSSR count). The first-order chi connectivity index (χ1) is 17.0. The van der Waals surface area contributed by atoms with E-state index in [1.54, 1.807) is 35.2 Å². The number of carbonyl (C=O) groups is 1. The summed E-state index contributed by atoms with van der Waals surface area (Å²) in [7, 11) is 0. The van der Waals surface area contributed by atoms with Crippen LogP contribution in [0, 0.1) is 5.92 Å². The number of anilines is 1. The number of benzene rings is 4. The molecule has 0 spiro atoms. The van der Waals surface area contributed by atoms with Crippen LogP contribution >= 0.6 is 0 Å². The van der Waals surface area contributed by atoms with Crippen molar-refractivity contribution in [2.24, 2.45) is 5.92 Å². The van der Waals surface area contributed by atoms with Crippen LogP contribution in [0.3, 0.4) is 0 Å². The van der Waals surface area contributed by atoms with Gasteiger partial charge in [-0.05, 0) is 59.9 Å². The number of amides is 1. The van der Waals surface area contributed by atoms with Crippen molar-refractivity contribution in [3.63, 3.8) is 0 Å². The third-order valence-electron chi connectivity index (χ3n) is 6.73. The summed E-state index contributed by atoms with van der Waals surface area (Å²) in [5, 5.41) is 31.1. The van der Waals surface area contributed by atoms with Gasteiger partial charge >= 0.3 is 0 Å². The number of carbonyl (C=O) groups excluding carboxylic acids is 1. The standard InChI is InChI=1S/C30H27NO4/c32-24-14-11-20(12-15-24)25-16-13-22(19-28(25)34)29-26(17-18-27(33)21-7-3-1-4-8-21)30(35)31(29)23-9-5-2-6-10-23/h1-16,19,26-27,29,32-34H,17-18H2/t26-,27+,29-/m1/s1. The molecule has 176 valence electrons. The van der Waals surface area contributed by atoms with Crippen LogP contribution in [0.5, 0.6) is 11.5 Å². The molecule has 0 unspecified atom stereocenters. The first-order valence-electron chi connectivity index (χ1n) is 11.8. The fourth-order valence-electron chi connectivity index (χ4n) is 4.88. The number of aromatic hydroxyl groups is 2. The normalized spacial score (nSPS) is 18.2. The van der Waals surface area contributed by atoms with Gasteiger partial charge in [-0.15, -0.1) is 0 Å². The second kappa shape index (κ2) is 9.65. The molecule has 0 radical (unpaired) electrons. The Morgan fingerprint density at radius 1 is 0.800 bits per heavy atom. The molecule has 1 heterocycles. The van der Waals surface area contributed by atoms with E-state index in [4.69, 9.17) is 0 Å². The van der Waals surface area contributed by atoms with Gasteiger partial charge in [-0.1, -0.05) is 72.8 Å². The SMILES string of the molecule is O=C1[C@H](CC[C@H](O)c2ccccc2)[C@@H](c2ccc(-c3ccc(O)cc3)c(O)c2)N1c1ccccc1. The number of β-lactam (4-membered cyclic amide) rings is 1. The molecule has 4 aromatic rings. The van der Waals surface area contributed by atoms with Gasteiger partial charge in [0.25, 0.3) is 0 Å². The van der Waals surface area contributed by atoms with Crippen LogP contribution < -0.4 is 4.90 Å². The molecule has 1 aliphatic rings. The summed E-state index contributed by atoms with van der Waals surface area (Å²) in [6, 6.07) is 30.9. The van der Waals surface area contributed by atoms with Gasteiger partial charge in [0, 0.05) is 11.3 Å². The number of hydrogen-bond acceptors (Lipinski definition) is 4. The van der Waals surface area contributed by atoms with Crippen LogP contribution in [0.15, 0.2) is 103 Å². The number of hydrogen-bond donors (Lipinski definition) is 3. The number of para-hydroxylation sites is 1. The maximum absolute atomic E-state index is 13.3. The Labute approximate surface area is 204 Å². The molecule has 1 amide bonds. The highest BCUT2D eigenvalue weighted by molar-refractivity contribution is 6.03. The molecule has 3 N–H and O–H groups in total. The Balaban J connectivity index is 1.43. The quantitative estimate of drug-likeness (QED) is 0.293. The van der Waals surface area contributed by atoms with Gasteiger partial charge in [-0.2, -0.15) is 0 Å². The predicted octanol–water partition coefficient (Wildman–Crippen LogP) is 5.98. The van der Waals surface area contributed by atoms with Crippen molar-refractivity contribution in [1.29, 1.82) is 0 Å². The van der Waals surface area contributed by atoms with Gasteiger partial charge < -0.3 is 20.2 Å². The van der Waals surface area contributed by atoms with Crippen LogP contribution in [-0.2, 0) is 4.79 Å². The van der Waals surface area contributed by atoms with Crippen molar-refractivity contribution in [1.82, 2.24) is 0 Å². The van der Waals surface area contributed by atoms with Gasteiger partial charge in [-0.3, -0.25) is 4.79 Å². The lowest BCUT2D eigenvalue weighted by Crippen LogP contribution is -2.55. The Kier molecular flexibility index (Phi) is 6.25. The molecule has 0 aliphatic carbocycles. The number of phenols is 2. The highest BCUT2D eigenvalue weighted by atomic mass is 16.3. The molecule has 0 saturated carbocycles. The highest BCUT2D eigenvalue weighted by Crippen LogP contribution is 2.47. The molecule has 5 heteroatoms. The van der Waals surface area contributed by atoms with E-state index in [2.05, 4.69) is 0 Å². The average Bonchev–Trinajstić information content (AvgIpc) is 2.89. The fraction of sp³-hybridized carbons (Fsp3) is 0.167. The van der Waals surface area contributed by atoms with E-state index in [0.717, 1.165) is 22.4 Å². The zero-order chi connectivity index (χ0) is 24.4. The molecule has 3 atom stereocenters. The van der Waals surface area contributed by atoms with E-state index < -0.39 is 6.10 Å². The lowest BCUT2D eigenvalue weighted by molar-refractivity contribution is -0.131. The van der Waals surface area contributed by atoms with E-state index in [0.29, 0.717) is 18.4 Å². The van der Waals surface area contributed by atoms with Crippen LogP contribution in [0.2, 0.25) is 0 Å². The molecule has 0 aromatic heterocycles. The van der Waals surface area contributed by atoms with E-state index >= 15 is 0 Å². The lowest BCUT2D eigenvalue weighted by Gasteiger charge is -2.48. The number of phenolic OH excluding ortho intramolecular Hbond substituents is 2. The Hall–Kier alpha value is -4.09. The van der Waals surface area contributed by atoms with Crippen LogP contribution in [0.4, 0.5) is 5.69 Å². The first kappa shape index (κ1) is 22.7. The molecule has 35 heavy (non-hydrogen) atoms. The van der Waals surface area contributed by atoms with Gasteiger partial charge in [0.2, 0.25) is 5.91 Å². The Morgan fingerprint density at radius 3 is 2.11 bits per heavy atom. The zero-order valence-corrected chi connectivity index (χ0v) is 19.2. The second-order valence-electron chi connectivity index (χ2n) is 8.92. The van der Waals surface area contributed by atoms with Crippen LogP contribution in [-0.4, -0.2) is 21.2 Å². The number of aliphatic hydroxyl groups excluding tert-OH is 1. The van der Waals surface area contributed by atoms with Crippen LogP contribution in [0.1, 0.15) is 36.1 Å². The third kappa shape index (κ3) is 4.51. The summed E-state index contributed by atoms with van der Waals surface area (Å²) in [5.41, 5.74) is 3.93. The molecule has 5 nitrogen and oxygen atoms in total. The molecular formula is C30H27NO4. The minimum Gasteiger partial charge on any atom is -0.508 e. The van der Waals surface area contributed by atoms with Crippen molar-refractivity contribution < 1.29 is 20.1 Å². The largest absolute Gasteiger partial charge is 0.508 e. The maximum Gasteiger partial charge on any atom is 0.233 e. The van der Waals surface area contributed by atoms with Gasteiger partial charge in [0.05, 0.1) is 18.1 Å². The van der Waals surface area contributed by atoms with E-state index in [1.807, 2.05) is 72.8 Å².